The van der Waals surface area contributed by atoms with E-state index in [1.807, 2.05) is 6.07 Å². The van der Waals surface area contributed by atoms with Crippen LogP contribution in [0.5, 0.6) is 5.75 Å². The molecule has 3 atom stereocenters. The summed E-state index contributed by atoms with van der Waals surface area (Å²) in [6, 6.07) is 6.21. The van der Waals surface area contributed by atoms with Gasteiger partial charge in [0, 0.05) is 12.0 Å². The minimum Gasteiger partial charge on any atom is -0.493 e. The fourth-order valence-electron chi connectivity index (χ4n) is 4.21. The van der Waals surface area contributed by atoms with Gasteiger partial charge in [-0.15, -0.1) is 0 Å². The summed E-state index contributed by atoms with van der Waals surface area (Å²) in [5.74, 6) is 1.60. The number of hydrogen-bond donors (Lipinski definition) is 1. The van der Waals surface area contributed by atoms with E-state index < -0.39 is 6.10 Å². The summed E-state index contributed by atoms with van der Waals surface area (Å²) < 4.78 is 5.81. The Kier molecular flexibility index (Phi) is 3.98. The van der Waals surface area contributed by atoms with E-state index in [1.165, 1.54) is 18.4 Å². The zero-order valence-corrected chi connectivity index (χ0v) is 13.4. The molecule has 1 aromatic carbocycles. The first-order valence-electron chi connectivity index (χ1n) is 8.14. The van der Waals surface area contributed by atoms with Crippen molar-refractivity contribution in [3.05, 3.63) is 29.3 Å². The lowest BCUT2D eigenvalue weighted by Gasteiger charge is -2.48. The molecule has 0 radical (unpaired) electrons. The maximum atomic E-state index is 11.2. The Bertz CT molecular complexity index is 514. The third-order valence-electron chi connectivity index (χ3n) is 5.45. The number of rotatable bonds is 3. The molecule has 1 N–H and O–H groups in total. The van der Waals surface area contributed by atoms with Gasteiger partial charge < -0.3 is 14.7 Å². The smallest absolute Gasteiger partial charge is 0.128 e. The molecule has 0 aromatic heterocycles. The molecule has 3 unspecified atom stereocenters. The topological polar surface area (TPSA) is 32.7 Å². The Labute approximate surface area is 127 Å². The highest BCUT2D eigenvalue weighted by Gasteiger charge is 2.45. The van der Waals surface area contributed by atoms with E-state index in [-0.39, 0.29) is 5.54 Å². The predicted octanol–water partition coefficient (Wildman–Crippen LogP) is 3.17. The Morgan fingerprint density at radius 2 is 2.19 bits per heavy atom. The molecule has 3 heteroatoms. The lowest BCUT2D eigenvalue weighted by Crippen LogP contribution is -2.52. The van der Waals surface area contributed by atoms with E-state index >= 15 is 0 Å². The molecule has 3 rings (SSSR count). The zero-order chi connectivity index (χ0) is 15.0. The average molecular weight is 289 g/mol. The van der Waals surface area contributed by atoms with Gasteiger partial charge in [-0.25, -0.2) is 0 Å². The second-order valence-electron chi connectivity index (χ2n) is 7.04. The van der Waals surface area contributed by atoms with Crippen LogP contribution in [0.2, 0.25) is 0 Å². The summed E-state index contributed by atoms with van der Waals surface area (Å²) in [5.41, 5.74) is 2.05. The van der Waals surface area contributed by atoms with Crippen molar-refractivity contribution >= 4 is 0 Å². The van der Waals surface area contributed by atoms with Crippen molar-refractivity contribution in [3.63, 3.8) is 0 Å². The summed E-state index contributed by atoms with van der Waals surface area (Å²) >= 11 is 0. The number of fused-ring (bicyclic) bond motifs is 1. The van der Waals surface area contributed by atoms with E-state index in [0.29, 0.717) is 5.92 Å². The molecule has 1 heterocycles. The zero-order valence-electron chi connectivity index (χ0n) is 13.4. The van der Waals surface area contributed by atoms with E-state index in [4.69, 9.17) is 4.74 Å². The van der Waals surface area contributed by atoms with Crippen molar-refractivity contribution in [2.24, 2.45) is 5.92 Å². The molecular formula is C18H27NO2. The van der Waals surface area contributed by atoms with E-state index in [2.05, 4.69) is 38.1 Å². The van der Waals surface area contributed by atoms with Gasteiger partial charge in [0.1, 0.15) is 11.9 Å². The Morgan fingerprint density at radius 1 is 1.38 bits per heavy atom. The Hall–Kier alpha value is -1.06. The van der Waals surface area contributed by atoms with Crippen molar-refractivity contribution < 1.29 is 9.84 Å². The van der Waals surface area contributed by atoms with Gasteiger partial charge in [-0.1, -0.05) is 38.0 Å². The van der Waals surface area contributed by atoms with Crippen LogP contribution in [0, 0.1) is 5.92 Å². The molecule has 3 nitrogen and oxygen atoms in total. The summed E-state index contributed by atoms with van der Waals surface area (Å²) in [6.45, 7) is 3.04. The highest BCUT2D eigenvalue weighted by molar-refractivity contribution is 5.46. The fourth-order valence-corrected chi connectivity index (χ4v) is 4.21. The molecule has 1 aliphatic heterocycles. The number of hydrogen-bond acceptors (Lipinski definition) is 3. The number of ether oxygens (including phenoxy) is 1. The van der Waals surface area contributed by atoms with Gasteiger partial charge in [-0.05, 0) is 38.4 Å². The van der Waals surface area contributed by atoms with Crippen LogP contribution in [-0.4, -0.2) is 36.2 Å². The molecule has 1 saturated carbocycles. The molecule has 0 spiro atoms. The first-order chi connectivity index (χ1) is 10.0. The normalized spacial score (nSPS) is 30.0. The van der Waals surface area contributed by atoms with E-state index in [1.54, 1.807) is 0 Å². The van der Waals surface area contributed by atoms with Crippen LogP contribution in [0.15, 0.2) is 18.2 Å². The molecule has 0 bridgehead atoms. The van der Waals surface area contributed by atoms with Crippen molar-refractivity contribution in [1.82, 2.24) is 4.90 Å². The summed E-state index contributed by atoms with van der Waals surface area (Å²) in [6.07, 6.45) is 5.03. The standard InChI is InChI=1S/C18H27NO2/c1-13-6-5-10-18(12-13,19(2)3)17(20)15-8-4-7-14-9-11-21-16(14)15/h4,7-8,13,17,20H,5-6,9-12H2,1-3H3. The van der Waals surface area contributed by atoms with Crippen molar-refractivity contribution in [2.75, 3.05) is 20.7 Å². The van der Waals surface area contributed by atoms with Gasteiger partial charge in [-0.2, -0.15) is 0 Å². The van der Waals surface area contributed by atoms with Crippen LogP contribution in [0.4, 0.5) is 0 Å². The molecule has 2 aliphatic rings. The highest BCUT2D eigenvalue weighted by atomic mass is 16.5. The summed E-state index contributed by atoms with van der Waals surface area (Å²) in [4.78, 5) is 2.24. The van der Waals surface area contributed by atoms with E-state index in [9.17, 15) is 5.11 Å². The fraction of sp³-hybridized carbons (Fsp3) is 0.667. The van der Waals surface area contributed by atoms with Crippen molar-refractivity contribution in [3.8, 4) is 5.75 Å². The molecule has 1 aliphatic carbocycles. The monoisotopic (exact) mass is 289 g/mol. The Balaban J connectivity index is 1.99. The van der Waals surface area contributed by atoms with Crippen LogP contribution in [-0.2, 0) is 6.42 Å². The highest BCUT2D eigenvalue weighted by Crippen LogP contribution is 2.47. The number of aliphatic hydroxyl groups is 1. The quantitative estimate of drug-likeness (QED) is 0.927. The van der Waals surface area contributed by atoms with E-state index in [0.717, 1.165) is 37.2 Å². The largest absolute Gasteiger partial charge is 0.493 e. The maximum Gasteiger partial charge on any atom is 0.128 e. The van der Waals surface area contributed by atoms with Gasteiger partial charge >= 0.3 is 0 Å². The van der Waals surface area contributed by atoms with Gasteiger partial charge in [0.25, 0.3) is 0 Å². The van der Waals surface area contributed by atoms with Crippen LogP contribution in [0.3, 0.4) is 0 Å². The first-order valence-corrected chi connectivity index (χ1v) is 8.14. The Morgan fingerprint density at radius 3 is 2.90 bits per heavy atom. The van der Waals surface area contributed by atoms with Crippen LogP contribution in [0.25, 0.3) is 0 Å². The number of aliphatic hydroxyl groups excluding tert-OH is 1. The molecule has 21 heavy (non-hydrogen) atoms. The second-order valence-corrected chi connectivity index (χ2v) is 7.04. The van der Waals surface area contributed by atoms with Crippen LogP contribution >= 0.6 is 0 Å². The maximum absolute atomic E-state index is 11.2. The SMILES string of the molecule is CC1CCCC(C(O)c2cccc3c2OCC3)(N(C)C)C1. The van der Waals surface area contributed by atoms with Crippen molar-refractivity contribution in [2.45, 2.75) is 50.7 Å². The van der Waals surface area contributed by atoms with Gasteiger partial charge in [0.05, 0.1) is 12.1 Å². The summed E-state index contributed by atoms with van der Waals surface area (Å²) in [7, 11) is 4.20. The third kappa shape index (κ3) is 2.47. The van der Waals surface area contributed by atoms with Gasteiger partial charge in [0.2, 0.25) is 0 Å². The predicted molar refractivity (Wildman–Crippen MR) is 84.7 cm³/mol. The molecule has 1 aromatic rings. The average Bonchev–Trinajstić information content (AvgIpc) is 2.94. The molecule has 0 saturated heterocycles. The number of benzene rings is 1. The first kappa shape index (κ1) is 14.9. The number of para-hydroxylation sites is 1. The lowest BCUT2D eigenvalue weighted by molar-refractivity contribution is -0.0459. The molecule has 116 valence electrons. The molecular weight excluding hydrogens is 262 g/mol. The van der Waals surface area contributed by atoms with Gasteiger partial charge in [-0.3, -0.25) is 0 Å². The summed E-state index contributed by atoms with van der Waals surface area (Å²) in [5, 5.41) is 11.2. The molecule has 1 fully saturated rings. The van der Waals surface area contributed by atoms with Gasteiger partial charge in [0.15, 0.2) is 0 Å². The number of nitrogens with zero attached hydrogens (tertiary/aromatic N) is 1. The third-order valence-corrected chi connectivity index (χ3v) is 5.45. The second kappa shape index (κ2) is 5.62. The van der Waals surface area contributed by atoms with Crippen LogP contribution < -0.4 is 4.74 Å². The minimum absolute atomic E-state index is 0.168. The van der Waals surface area contributed by atoms with Crippen molar-refractivity contribution in [1.29, 1.82) is 0 Å². The number of likely N-dealkylation sites (N-methyl/N-ethyl adjacent to an activating group) is 1. The lowest BCUT2D eigenvalue weighted by atomic mass is 9.70. The minimum atomic E-state index is -0.483. The van der Waals surface area contributed by atoms with Crippen LogP contribution in [0.1, 0.15) is 49.8 Å². The molecule has 0 amide bonds.